The molecule has 0 unspecified atom stereocenters. The molecule has 0 radical (unpaired) electrons. The van der Waals surface area contributed by atoms with Gasteiger partial charge in [0.25, 0.3) is 0 Å². The molecule has 2 aromatic rings. The highest BCUT2D eigenvalue weighted by Crippen LogP contribution is 2.09. The molecule has 1 aromatic heterocycles. The van der Waals surface area contributed by atoms with Gasteiger partial charge in [-0.15, -0.1) is 5.10 Å². The molecule has 0 saturated carbocycles. The number of aromatic nitrogens is 2. The third-order valence-electron chi connectivity index (χ3n) is 2.53. The van der Waals surface area contributed by atoms with E-state index in [0.29, 0.717) is 6.42 Å². The normalized spacial score (nSPS) is 10.1. The van der Waals surface area contributed by atoms with Crippen molar-refractivity contribution in [3.63, 3.8) is 0 Å². The van der Waals surface area contributed by atoms with Gasteiger partial charge in [-0.1, -0.05) is 30.3 Å². The second kappa shape index (κ2) is 5.21. The number of rotatable bonds is 4. The summed E-state index contributed by atoms with van der Waals surface area (Å²) in [6, 6.07) is 11.7. The number of carboxylic acid groups (broad SMARTS) is 1. The molecule has 0 atom stereocenters. The van der Waals surface area contributed by atoms with E-state index >= 15 is 0 Å². The van der Waals surface area contributed by atoms with Gasteiger partial charge < -0.3 is 5.11 Å². The lowest BCUT2D eigenvalue weighted by molar-refractivity contribution is 0.0688. The zero-order chi connectivity index (χ0) is 12.1. The molecular weight excluding hydrogens is 216 g/mol. The molecule has 0 bridgehead atoms. The lowest BCUT2D eigenvalue weighted by atomic mass is 10.0. The van der Waals surface area contributed by atoms with Crippen molar-refractivity contribution in [1.82, 2.24) is 10.2 Å². The zero-order valence-electron chi connectivity index (χ0n) is 9.21. The minimum absolute atomic E-state index is 0.0448. The highest BCUT2D eigenvalue weighted by Gasteiger charge is 2.11. The third kappa shape index (κ3) is 2.87. The summed E-state index contributed by atoms with van der Waals surface area (Å²) in [5.74, 6) is -1.03. The molecule has 0 aliphatic carbocycles. The highest BCUT2D eigenvalue weighted by atomic mass is 16.4. The quantitative estimate of drug-likeness (QED) is 0.868. The average molecular weight is 228 g/mol. The molecule has 0 fully saturated rings. The fraction of sp³-hybridized carbons (Fsp3) is 0.154. The van der Waals surface area contributed by atoms with E-state index in [2.05, 4.69) is 10.2 Å². The van der Waals surface area contributed by atoms with Crippen LogP contribution in [-0.2, 0) is 12.8 Å². The van der Waals surface area contributed by atoms with E-state index < -0.39 is 5.97 Å². The van der Waals surface area contributed by atoms with Gasteiger partial charge in [0.15, 0.2) is 5.69 Å². The first-order chi connectivity index (χ1) is 8.27. The summed E-state index contributed by atoms with van der Waals surface area (Å²) < 4.78 is 0. The maximum Gasteiger partial charge on any atom is 0.356 e. The Labute approximate surface area is 98.9 Å². The van der Waals surface area contributed by atoms with Gasteiger partial charge >= 0.3 is 5.97 Å². The third-order valence-corrected chi connectivity index (χ3v) is 2.53. The number of carbonyl (C=O) groups is 1. The van der Waals surface area contributed by atoms with Crippen LogP contribution in [-0.4, -0.2) is 21.3 Å². The number of benzene rings is 1. The van der Waals surface area contributed by atoms with Crippen LogP contribution < -0.4 is 0 Å². The molecule has 86 valence electrons. The summed E-state index contributed by atoms with van der Waals surface area (Å²) >= 11 is 0. The number of nitrogens with zero attached hydrogens (tertiary/aromatic N) is 2. The smallest absolute Gasteiger partial charge is 0.356 e. The van der Waals surface area contributed by atoms with Gasteiger partial charge in [-0.25, -0.2) is 4.79 Å². The minimum Gasteiger partial charge on any atom is -0.476 e. The Bertz CT molecular complexity index is 512. The van der Waals surface area contributed by atoms with E-state index in [4.69, 9.17) is 5.11 Å². The largest absolute Gasteiger partial charge is 0.476 e. The summed E-state index contributed by atoms with van der Waals surface area (Å²) in [5.41, 5.74) is 1.94. The molecule has 0 spiro atoms. The van der Waals surface area contributed by atoms with Crippen LogP contribution in [0.4, 0.5) is 0 Å². The van der Waals surface area contributed by atoms with Crippen molar-refractivity contribution in [3.8, 4) is 0 Å². The van der Waals surface area contributed by atoms with Crippen LogP contribution in [0.5, 0.6) is 0 Å². The first kappa shape index (κ1) is 11.3. The van der Waals surface area contributed by atoms with E-state index in [1.807, 2.05) is 30.3 Å². The molecule has 17 heavy (non-hydrogen) atoms. The van der Waals surface area contributed by atoms with Crippen molar-refractivity contribution in [2.24, 2.45) is 0 Å². The lowest BCUT2D eigenvalue weighted by Crippen LogP contribution is -2.07. The molecule has 0 aliphatic rings. The van der Waals surface area contributed by atoms with Gasteiger partial charge in [0.1, 0.15) is 0 Å². The van der Waals surface area contributed by atoms with Gasteiger partial charge in [-0.3, -0.25) is 0 Å². The Balaban J connectivity index is 2.12. The van der Waals surface area contributed by atoms with Crippen molar-refractivity contribution >= 4 is 5.97 Å². The highest BCUT2D eigenvalue weighted by molar-refractivity contribution is 5.86. The molecule has 1 heterocycles. The van der Waals surface area contributed by atoms with Gasteiger partial charge in [0, 0.05) is 6.20 Å². The van der Waals surface area contributed by atoms with Gasteiger partial charge in [0.2, 0.25) is 0 Å². The van der Waals surface area contributed by atoms with Crippen molar-refractivity contribution in [1.29, 1.82) is 0 Å². The average Bonchev–Trinajstić information content (AvgIpc) is 2.38. The lowest BCUT2D eigenvalue weighted by Gasteiger charge is -2.04. The number of carboxylic acids is 1. The number of aromatic carboxylic acids is 1. The first-order valence-corrected chi connectivity index (χ1v) is 5.35. The maximum atomic E-state index is 10.9. The Morgan fingerprint density at radius 3 is 2.59 bits per heavy atom. The fourth-order valence-corrected chi connectivity index (χ4v) is 1.66. The molecule has 0 aliphatic heterocycles. The minimum atomic E-state index is -1.03. The number of hydrogen-bond acceptors (Lipinski definition) is 3. The van der Waals surface area contributed by atoms with Crippen molar-refractivity contribution in [2.75, 3.05) is 0 Å². The van der Waals surface area contributed by atoms with Crippen LogP contribution in [0, 0.1) is 0 Å². The molecule has 1 aromatic carbocycles. The van der Waals surface area contributed by atoms with Crippen LogP contribution in [0.15, 0.2) is 42.6 Å². The summed E-state index contributed by atoms with van der Waals surface area (Å²) in [4.78, 5) is 10.9. The zero-order valence-corrected chi connectivity index (χ0v) is 9.21. The number of aryl methyl sites for hydroxylation is 2. The summed E-state index contributed by atoms with van der Waals surface area (Å²) in [7, 11) is 0. The number of hydrogen-bond donors (Lipinski definition) is 1. The standard InChI is InChI=1S/C13H12N2O2/c16-13(17)12-11(8-9-14-15-12)7-6-10-4-2-1-3-5-10/h1-5,8-9H,6-7H2,(H,16,17). The Hall–Kier alpha value is -2.23. The van der Waals surface area contributed by atoms with Crippen molar-refractivity contribution in [2.45, 2.75) is 12.8 Å². The topological polar surface area (TPSA) is 63.1 Å². The van der Waals surface area contributed by atoms with Gasteiger partial charge in [-0.05, 0) is 30.0 Å². The monoisotopic (exact) mass is 228 g/mol. The van der Waals surface area contributed by atoms with E-state index in [-0.39, 0.29) is 5.69 Å². The second-order valence-electron chi connectivity index (χ2n) is 3.70. The Morgan fingerprint density at radius 2 is 1.88 bits per heavy atom. The van der Waals surface area contributed by atoms with Gasteiger partial charge in [0.05, 0.1) is 0 Å². The Kier molecular flexibility index (Phi) is 3.45. The first-order valence-electron chi connectivity index (χ1n) is 5.35. The predicted molar refractivity (Wildman–Crippen MR) is 62.8 cm³/mol. The molecule has 0 saturated heterocycles. The van der Waals surface area contributed by atoms with E-state index in [1.165, 1.54) is 11.8 Å². The predicted octanol–water partition coefficient (Wildman–Crippen LogP) is 1.96. The molecule has 1 N–H and O–H groups in total. The van der Waals surface area contributed by atoms with Crippen LogP contribution in [0.3, 0.4) is 0 Å². The molecule has 0 amide bonds. The van der Waals surface area contributed by atoms with Crippen LogP contribution in [0.2, 0.25) is 0 Å². The molecular formula is C13H12N2O2. The van der Waals surface area contributed by atoms with Crippen molar-refractivity contribution in [3.05, 3.63) is 59.4 Å². The SMILES string of the molecule is O=C(O)c1nnccc1CCc1ccccc1. The van der Waals surface area contributed by atoms with E-state index in [0.717, 1.165) is 12.0 Å². The van der Waals surface area contributed by atoms with Crippen LogP contribution in [0.1, 0.15) is 21.6 Å². The molecule has 2 rings (SSSR count). The summed E-state index contributed by atoms with van der Waals surface area (Å²) in [6.45, 7) is 0. The van der Waals surface area contributed by atoms with Gasteiger partial charge in [-0.2, -0.15) is 5.10 Å². The van der Waals surface area contributed by atoms with E-state index in [1.54, 1.807) is 6.07 Å². The Morgan fingerprint density at radius 1 is 1.12 bits per heavy atom. The summed E-state index contributed by atoms with van der Waals surface area (Å²) in [6.07, 6.45) is 2.97. The van der Waals surface area contributed by atoms with Crippen molar-refractivity contribution < 1.29 is 9.90 Å². The maximum absolute atomic E-state index is 10.9. The van der Waals surface area contributed by atoms with Crippen LogP contribution in [0.25, 0.3) is 0 Å². The van der Waals surface area contributed by atoms with E-state index in [9.17, 15) is 4.79 Å². The molecule has 4 heteroatoms. The summed E-state index contributed by atoms with van der Waals surface area (Å²) in [5, 5.41) is 16.2. The second-order valence-corrected chi connectivity index (χ2v) is 3.70. The molecule has 4 nitrogen and oxygen atoms in total. The fourth-order valence-electron chi connectivity index (χ4n) is 1.66. The van der Waals surface area contributed by atoms with Crippen LogP contribution >= 0.6 is 0 Å².